The summed E-state index contributed by atoms with van der Waals surface area (Å²) in [6.45, 7) is 0.624. The lowest BCUT2D eigenvalue weighted by molar-refractivity contribution is -0.120. The summed E-state index contributed by atoms with van der Waals surface area (Å²) >= 11 is 3.33. The van der Waals surface area contributed by atoms with E-state index in [1.807, 2.05) is 24.3 Å². The monoisotopic (exact) mass is 335 g/mol. The molecule has 0 aliphatic rings. The first-order chi connectivity index (χ1) is 9.61. The number of hydrogen-bond donors (Lipinski definition) is 2. The Morgan fingerprint density at radius 2 is 1.85 bits per heavy atom. The van der Waals surface area contributed by atoms with E-state index in [0.29, 0.717) is 13.1 Å². The summed E-state index contributed by atoms with van der Waals surface area (Å²) in [5.74, 6) is -0.574. The van der Waals surface area contributed by atoms with Crippen LogP contribution in [0, 0.1) is 11.3 Å². The number of nitrogens with zero attached hydrogens (tertiary/aromatic N) is 1. The molecule has 0 saturated heterocycles. The number of rotatable bonds is 6. The van der Waals surface area contributed by atoms with Gasteiger partial charge in [-0.2, -0.15) is 5.26 Å². The van der Waals surface area contributed by atoms with Crippen molar-refractivity contribution in [2.24, 2.45) is 0 Å². The van der Waals surface area contributed by atoms with E-state index in [-0.39, 0.29) is 18.2 Å². The summed E-state index contributed by atoms with van der Waals surface area (Å²) in [6, 6.07) is 9.30. The van der Waals surface area contributed by atoms with Crippen molar-refractivity contribution in [3.63, 3.8) is 0 Å². The zero-order valence-electron chi connectivity index (χ0n) is 10.7. The molecule has 20 heavy (non-hydrogen) atoms. The molecule has 0 bridgehead atoms. The van der Waals surface area contributed by atoms with Gasteiger partial charge in [-0.3, -0.25) is 9.59 Å². The Morgan fingerprint density at radius 1 is 1.20 bits per heavy atom. The van der Waals surface area contributed by atoms with Gasteiger partial charge < -0.3 is 10.6 Å². The first-order valence-corrected chi connectivity index (χ1v) is 6.76. The molecule has 104 valence electrons. The highest BCUT2D eigenvalue weighted by Crippen LogP contribution is 2.11. The third kappa shape index (κ3) is 6.71. The van der Waals surface area contributed by atoms with E-state index < -0.39 is 0 Å². The Morgan fingerprint density at radius 3 is 2.50 bits per heavy atom. The van der Waals surface area contributed by atoms with Gasteiger partial charge in [-0.15, -0.1) is 0 Å². The summed E-state index contributed by atoms with van der Waals surface area (Å²) in [6.07, 6.45) is 2.97. The maximum atomic E-state index is 11.5. The predicted molar refractivity (Wildman–Crippen MR) is 79.4 cm³/mol. The number of hydrogen-bond acceptors (Lipinski definition) is 3. The molecular formula is C14H14BrN3O2. The molecule has 0 radical (unpaired) electrons. The normalized spacial score (nSPS) is 10.0. The minimum atomic E-state index is -0.341. The maximum Gasteiger partial charge on any atom is 0.244 e. The number of amides is 2. The van der Waals surface area contributed by atoms with E-state index in [1.165, 1.54) is 6.08 Å². The molecule has 2 N–H and O–H groups in total. The Kier molecular flexibility index (Phi) is 7.07. The smallest absolute Gasteiger partial charge is 0.244 e. The lowest BCUT2D eigenvalue weighted by Crippen LogP contribution is -2.33. The Labute approximate surface area is 125 Å². The second-order valence-electron chi connectivity index (χ2n) is 3.86. The van der Waals surface area contributed by atoms with Crippen molar-refractivity contribution in [3.05, 3.63) is 40.4 Å². The van der Waals surface area contributed by atoms with E-state index in [2.05, 4.69) is 26.6 Å². The molecule has 5 nitrogen and oxygen atoms in total. The highest BCUT2D eigenvalue weighted by atomic mass is 79.9. The molecule has 0 aliphatic carbocycles. The number of nitrogens with one attached hydrogen (secondary N) is 2. The van der Waals surface area contributed by atoms with E-state index in [1.54, 1.807) is 12.1 Å². The number of benzene rings is 1. The number of nitriles is 1. The lowest BCUT2D eigenvalue weighted by Gasteiger charge is -2.03. The van der Waals surface area contributed by atoms with Crippen LogP contribution >= 0.6 is 15.9 Å². The molecule has 0 fully saturated rings. The third-order valence-electron chi connectivity index (χ3n) is 2.28. The van der Waals surface area contributed by atoms with E-state index >= 15 is 0 Å². The van der Waals surface area contributed by atoms with Gasteiger partial charge in [-0.1, -0.05) is 28.1 Å². The van der Waals surface area contributed by atoms with Crippen LogP contribution in [-0.4, -0.2) is 24.9 Å². The molecular weight excluding hydrogens is 322 g/mol. The van der Waals surface area contributed by atoms with E-state index in [4.69, 9.17) is 5.26 Å². The van der Waals surface area contributed by atoms with Crippen molar-refractivity contribution >= 4 is 33.8 Å². The third-order valence-corrected chi connectivity index (χ3v) is 2.81. The second-order valence-corrected chi connectivity index (χ2v) is 4.78. The zero-order valence-corrected chi connectivity index (χ0v) is 12.3. The summed E-state index contributed by atoms with van der Waals surface area (Å²) in [4.78, 5) is 22.4. The van der Waals surface area contributed by atoms with Crippen LogP contribution in [-0.2, 0) is 9.59 Å². The largest absolute Gasteiger partial charge is 0.353 e. The van der Waals surface area contributed by atoms with Crippen molar-refractivity contribution in [2.45, 2.75) is 6.42 Å². The standard InChI is InChI=1S/C14H14BrN3O2/c15-12-4-1-11(2-5-12)3-6-13(19)17-9-10-18-14(20)7-8-16/h1-6H,7,9-10H2,(H,17,19)(H,18,20)/b6-3+. The molecule has 0 spiro atoms. The van der Waals surface area contributed by atoms with Crippen molar-refractivity contribution in [3.8, 4) is 6.07 Å². The number of halogens is 1. The topological polar surface area (TPSA) is 82.0 Å². The van der Waals surface area contributed by atoms with Gasteiger partial charge in [0.25, 0.3) is 0 Å². The summed E-state index contributed by atoms with van der Waals surface area (Å²) in [5, 5.41) is 13.4. The minimum absolute atomic E-state index is 0.169. The van der Waals surface area contributed by atoms with Crippen molar-refractivity contribution in [2.75, 3.05) is 13.1 Å². The number of carbonyl (C=O) groups is 2. The molecule has 0 heterocycles. The van der Waals surface area contributed by atoms with Crippen LogP contribution < -0.4 is 10.6 Å². The molecule has 6 heteroatoms. The molecule has 0 unspecified atom stereocenters. The van der Waals surface area contributed by atoms with Crippen molar-refractivity contribution in [1.29, 1.82) is 5.26 Å². The fourth-order valence-corrected chi connectivity index (χ4v) is 1.59. The van der Waals surface area contributed by atoms with E-state index in [9.17, 15) is 9.59 Å². The van der Waals surface area contributed by atoms with Crippen molar-refractivity contribution in [1.82, 2.24) is 10.6 Å². The van der Waals surface area contributed by atoms with Gasteiger partial charge in [-0.05, 0) is 23.8 Å². The van der Waals surface area contributed by atoms with Crippen LogP contribution in [0.2, 0.25) is 0 Å². The lowest BCUT2D eigenvalue weighted by atomic mass is 10.2. The van der Waals surface area contributed by atoms with Crippen molar-refractivity contribution < 1.29 is 9.59 Å². The van der Waals surface area contributed by atoms with Gasteiger partial charge in [0.2, 0.25) is 11.8 Å². The molecule has 0 aromatic heterocycles. The van der Waals surface area contributed by atoms with Crippen LogP contribution in [0.1, 0.15) is 12.0 Å². The fraction of sp³-hybridized carbons (Fsp3) is 0.214. The minimum Gasteiger partial charge on any atom is -0.353 e. The highest BCUT2D eigenvalue weighted by molar-refractivity contribution is 9.10. The van der Waals surface area contributed by atoms with Gasteiger partial charge >= 0.3 is 0 Å². The Bertz CT molecular complexity index is 532. The molecule has 0 saturated carbocycles. The van der Waals surface area contributed by atoms with Gasteiger partial charge in [0.15, 0.2) is 0 Å². The summed E-state index contributed by atoms with van der Waals surface area (Å²) in [7, 11) is 0. The molecule has 2 amide bonds. The highest BCUT2D eigenvalue weighted by Gasteiger charge is 1.99. The second kappa shape index (κ2) is 8.88. The maximum absolute atomic E-state index is 11.5. The fourth-order valence-electron chi connectivity index (χ4n) is 1.33. The van der Waals surface area contributed by atoms with Crippen LogP contribution in [0.15, 0.2) is 34.8 Å². The quantitative estimate of drug-likeness (QED) is 0.612. The molecule has 0 atom stereocenters. The summed E-state index contributed by atoms with van der Waals surface area (Å²) < 4.78 is 0.979. The molecule has 1 rings (SSSR count). The Balaban J connectivity index is 2.25. The predicted octanol–water partition coefficient (Wildman–Crippen LogP) is 1.61. The number of carbonyl (C=O) groups excluding carboxylic acids is 2. The van der Waals surface area contributed by atoms with E-state index in [0.717, 1.165) is 10.0 Å². The van der Waals surface area contributed by atoms with Crippen LogP contribution in [0.5, 0.6) is 0 Å². The van der Waals surface area contributed by atoms with Crippen LogP contribution in [0.3, 0.4) is 0 Å². The van der Waals surface area contributed by atoms with Gasteiger partial charge in [0.1, 0.15) is 6.42 Å². The molecule has 1 aromatic carbocycles. The zero-order chi connectivity index (χ0) is 14.8. The SMILES string of the molecule is N#CCC(=O)NCCNC(=O)/C=C/c1ccc(Br)cc1. The van der Waals surface area contributed by atoms with Crippen LogP contribution in [0.4, 0.5) is 0 Å². The summed E-state index contributed by atoms with van der Waals surface area (Å²) in [5.41, 5.74) is 0.922. The first-order valence-electron chi connectivity index (χ1n) is 5.97. The average molecular weight is 336 g/mol. The van der Waals surface area contributed by atoms with Gasteiger partial charge in [0.05, 0.1) is 6.07 Å². The first kappa shape index (κ1) is 15.9. The Hall–Kier alpha value is -2.13. The molecule has 1 aromatic rings. The molecule has 0 aliphatic heterocycles. The van der Waals surface area contributed by atoms with Crippen LogP contribution in [0.25, 0.3) is 6.08 Å². The van der Waals surface area contributed by atoms with Gasteiger partial charge in [0, 0.05) is 23.6 Å². The average Bonchev–Trinajstić information content (AvgIpc) is 2.43. The van der Waals surface area contributed by atoms with Gasteiger partial charge in [-0.25, -0.2) is 0 Å².